The highest BCUT2D eigenvalue weighted by Crippen LogP contribution is 2.25. The van der Waals surface area contributed by atoms with Gasteiger partial charge in [-0.25, -0.2) is 9.78 Å². The van der Waals surface area contributed by atoms with Crippen molar-refractivity contribution in [3.8, 4) is 0 Å². The number of amides is 1. The van der Waals surface area contributed by atoms with Crippen LogP contribution in [0.15, 0.2) is 18.5 Å². The van der Waals surface area contributed by atoms with Crippen molar-refractivity contribution in [2.45, 2.75) is 52.1 Å². The van der Waals surface area contributed by atoms with Crippen molar-refractivity contribution in [1.29, 1.82) is 0 Å². The molecule has 6 nitrogen and oxygen atoms in total. The maximum atomic E-state index is 12.3. The van der Waals surface area contributed by atoms with E-state index in [-0.39, 0.29) is 6.09 Å². The van der Waals surface area contributed by atoms with Crippen LogP contribution in [0, 0.1) is 5.92 Å². The van der Waals surface area contributed by atoms with E-state index in [1.165, 1.54) is 0 Å². The fraction of sp³-hybridized carbons (Fsp3) is 0.579. The van der Waals surface area contributed by atoms with Gasteiger partial charge in [0.1, 0.15) is 16.3 Å². The van der Waals surface area contributed by atoms with Crippen LogP contribution in [0.2, 0.25) is 5.15 Å². The summed E-state index contributed by atoms with van der Waals surface area (Å²) in [7, 11) is 0. The third-order valence-electron chi connectivity index (χ3n) is 4.46. The number of nitrogens with zero attached hydrogens (tertiary/aromatic N) is 4. The zero-order valence-electron chi connectivity index (χ0n) is 15.5. The molecular weight excluding hydrogens is 352 g/mol. The molecule has 0 bridgehead atoms. The summed E-state index contributed by atoms with van der Waals surface area (Å²) >= 11 is 6.12. The van der Waals surface area contributed by atoms with Crippen molar-refractivity contribution in [3.63, 3.8) is 0 Å². The largest absolute Gasteiger partial charge is 0.444 e. The zero-order valence-corrected chi connectivity index (χ0v) is 16.3. The summed E-state index contributed by atoms with van der Waals surface area (Å²) in [6.45, 7) is 7.16. The van der Waals surface area contributed by atoms with E-state index >= 15 is 0 Å². The number of likely N-dealkylation sites (tertiary alicyclic amines) is 1. The van der Waals surface area contributed by atoms with Crippen LogP contribution in [0.25, 0.3) is 11.0 Å². The van der Waals surface area contributed by atoms with Gasteiger partial charge in [0.15, 0.2) is 0 Å². The highest BCUT2D eigenvalue weighted by atomic mass is 35.5. The molecule has 0 saturated carbocycles. The van der Waals surface area contributed by atoms with E-state index in [2.05, 4.69) is 15.0 Å². The molecule has 1 amide bonds. The Bertz CT molecular complexity index is 791. The molecule has 0 N–H and O–H groups in total. The molecule has 0 aromatic carbocycles. The molecule has 1 unspecified atom stereocenters. The molecule has 3 heterocycles. The SMILES string of the molecule is CC(C)(C)OC(=O)N1CCCC(CCc2nc(Cl)cc3nccnc23)C1. The Kier molecular flexibility index (Phi) is 5.61. The van der Waals surface area contributed by atoms with Gasteiger partial charge in [0.05, 0.1) is 11.2 Å². The van der Waals surface area contributed by atoms with Gasteiger partial charge in [-0.3, -0.25) is 9.97 Å². The highest BCUT2D eigenvalue weighted by Gasteiger charge is 2.27. The Labute approximate surface area is 158 Å². The molecule has 26 heavy (non-hydrogen) atoms. The number of ether oxygens (including phenoxy) is 1. The number of carbonyl (C=O) groups is 1. The van der Waals surface area contributed by atoms with Gasteiger partial charge < -0.3 is 9.64 Å². The van der Waals surface area contributed by atoms with Gasteiger partial charge in [0.2, 0.25) is 0 Å². The predicted molar refractivity (Wildman–Crippen MR) is 101 cm³/mol. The minimum Gasteiger partial charge on any atom is -0.444 e. The maximum absolute atomic E-state index is 12.3. The van der Waals surface area contributed by atoms with Crippen LogP contribution in [-0.2, 0) is 11.2 Å². The molecule has 1 aliphatic heterocycles. The first-order valence-electron chi connectivity index (χ1n) is 9.06. The van der Waals surface area contributed by atoms with Crippen molar-refractivity contribution >= 4 is 28.7 Å². The van der Waals surface area contributed by atoms with Crippen LogP contribution in [0.3, 0.4) is 0 Å². The summed E-state index contributed by atoms with van der Waals surface area (Å²) in [6, 6.07) is 1.73. The number of aryl methyl sites for hydroxylation is 1. The van der Waals surface area contributed by atoms with Crippen LogP contribution >= 0.6 is 11.6 Å². The third-order valence-corrected chi connectivity index (χ3v) is 4.65. The lowest BCUT2D eigenvalue weighted by atomic mass is 9.92. The van der Waals surface area contributed by atoms with E-state index in [1.807, 2.05) is 25.7 Å². The smallest absolute Gasteiger partial charge is 0.410 e. The monoisotopic (exact) mass is 376 g/mol. The van der Waals surface area contributed by atoms with Gasteiger partial charge in [-0.05, 0) is 52.4 Å². The van der Waals surface area contributed by atoms with E-state index in [9.17, 15) is 4.79 Å². The van der Waals surface area contributed by atoms with Gasteiger partial charge in [-0.2, -0.15) is 0 Å². The van der Waals surface area contributed by atoms with Crippen molar-refractivity contribution in [3.05, 3.63) is 29.3 Å². The molecule has 3 rings (SSSR count). The number of aromatic nitrogens is 3. The van der Waals surface area contributed by atoms with E-state index < -0.39 is 5.60 Å². The summed E-state index contributed by atoms with van der Waals surface area (Å²) in [5.41, 5.74) is 1.97. The predicted octanol–water partition coefficient (Wildman–Crippen LogP) is 4.26. The summed E-state index contributed by atoms with van der Waals surface area (Å²) in [6.07, 6.45) is 6.89. The Morgan fingerprint density at radius 2 is 2.12 bits per heavy atom. The fourth-order valence-electron chi connectivity index (χ4n) is 3.31. The van der Waals surface area contributed by atoms with Crippen molar-refractivity contribution in [1.82, 2.24) is 19.9 Å². The summed E-state index contributed by atoms with van der Waals surface area (Å²) in [5.74, 6) is 0.420. The Morgan fingerprint density at radius 3 is 2.88 bits per heavy atom. The van der Waals surface area contributed by atoms with Crippen LogP contribution < -0.4 is 0 Å². The molecule has 1 fully saturated rings. The van der Waals surface area contributed by atoms with Crippen molar-refractivity contribution in [2.75, 3.05) is 13.1 Å². The number of halogens is 1. The summed E-state index contributed by atoms with van der Waals surface area (Å²) < 4.78 is 5.50. The second-order valence-electron chi connectivity index (χ2n) is 7.79. The Hall–Kier alpha value is -1.95. The van der Waals surface area contributed by atoms with Gasteiger partial charge in [0.25, 0.3) is 0 Å². The van der Waals surface area contributed by atoms with E-state index in [1.54, 1.807) is 18.5 Å². The quantitative estimate of drug-likeness (QED) is 0.748. The lowest BCUT2D eigenvalue weighted by molar-refractivity contribution is 0.0162. The second-order valence-corrected chi connectivity index (χ2v) is 8.18. The summed E-state index contributed by atoms with van der Waals surface area (Å²) in [4.78, 5) is 27.3. The van der Waals surface area contributed by atoms with Crippen LogP contribution in [0.4, 0.5) is 4.79 Å². The number of hydrogen-bond acceptors (Lipinski definition) is 5. The van der Waals surface area contributed by atoms with E-state index in [4.69, 9.17) is 16.3 Å². The van der Waals surface area contributed by atoms with Crippen LogP contribution in [0.5, 0.6) is 0 Å². The number of carbonyl (C=O) groups excluding carboxylic acids is 1. The standard InChI is InChI=1S/C19H25ClN4O2/c1-19(2,3)26-18(25)24-10-4-5-13(12-24)6-7-14-17-15(11-16(20)23-14)21-8-9-22-17/h8-9,11,13H,4-7,10,12H2,1-3H3. The maximum Gasteiger partial charge on any atom is 0.410 e. The molecular formula is C19H25ClN4O2. The minimum atomic E-state index is -0.466. The first-order chi connectivity index (χ1) is 12.3. The Morgan fingerprint density at radius 1 is 1.35 bits per heavy atom. The lowest BCUT2D eigenvalue weighted by Crippen LogP contribution is -2.43. The topological polar surface area (TPSA) is 68.2 Å². The molecule has 0 radical (unpaired) electrons. The molecule has 140 valence electrons. The minimum absolute atomic E-state index is 0.223. The van der Waals surface area contributed by atoms with E-state index in [0.717, 1.165) is 55.5 Å². The lowest BCUT2D eigenvalue weighted by Gasteiger charge is -2.34. The average molecular weight is 377 g/mol. The van der Waals surface area contributed by atoms with Crippen LogP contribution in [0.1, 0.15) is 45.7 Å². The van der Waals surface area contributed by atoms with Gasteiger partial charge >= 0.3 is 6.09 Å². The molecule has 2 aromatic rings. The van der Waals surface area contributed by atoms with Crippen molar-refractivity contribution in [2.24, 2.45) is 5.92 Å². The van der Waals surface area contributed by atoms with Gasteiger partial charge in [-0.1, -0.05) is 11.6 Å². The highest BCUT2D eigenvalue weighted by molar-refractivity contribution is 6.30. The molecule has 0 spiro atoms. The zero-order chi connectivity index (χ0) is 18.7. The first kappa shape index (κ1) is 18.8. The molecule has 7 heteroatoms. The molecule has 1 aliphatic rings. The normalized spacial score (nSPS) is 18.2. The molecule has 1 atom stereocenters. The fourth-order valence-corrected chi connectivity index (χ4v) is 3.52. The van der Waals surface area contributed by atoms with Gasteiger partial charge in [-0.15, -0.1) is 0 Å². The first-order valence-corrected chi connectivity index (χ1v) is 9.44. The summed E-state index contributed by atoms with van der Waals surface area (Å²) in [5, 5.41) is 0.437. The Balaban J connectivity index is 1.64. The molecule has 0 aliphatic carbocycles. The number of pyridine rings is 1. The second kappa shape index (κ2) is 7.74. The number of fused-ring (bicyclic) bond motifs is 1. The molecule has 2 aromatic heterocycles. The van der Waals surface area contributed by atoms with Crippen LogP contribution in [-0.4, -0.2) is 44.6 Å². The molecule has 1 saturated heterocycles. The number of hydrogen-bond donors (Lipinski definition) is 0. The number of rotatable bonds is 3. The average Bonchev–Trinajstić information content (AvgIpc) is 2.58. The van der Waals surface area contributed by atoms with Gasteiger partial charge in [0, 0.05) is 31.5 Å². The number of piperidine rings is 1. The van der Waals surface area contributed by atoms with Crippen molar-refractivity contribution < 1.29 is 9.53 Å². The van der Waals surface area contributed by atoms with E-state index in [0.29, 0.717) is 11.1 Å². The third kappa shape index (κ3) is 4.81.